The normalized spacial score (nSPS) is 11.7. The predicted octanol–water partition coefficient (Wildman–Crippen LogP) is 3.76. The first kappa shape index (κ1) is 18.8. The first-order valence-corrected chi connectivity index (χ1v) is 8.06. The van der Waals surface area contributed by atoms with Gasteiger partial charge in [0.15, 0.2) is 0 Å². The van der Waals surface area contributed by atoms with E-state index in [2.05, 4.69) is 10.1 Å². The van der Waals surface area contributed by atoms with Gasteiger partial charge < -0.3 is 9.47 Å². The van der Waals surface area contributed by atoms with E-state index >= 15 is 0 Å². The van der Waals surface area contributed by atoms with Crippen molar-refractivity contribution in [3.8, 4) is 5.69 Å². The molecule has 0 saturated carbocycles. The number of nitrogens with zero attached hydrogens (tertiary/aromatic N) is 3. The highest BCUT2D eigenvalue weighted by Gasteiger charge is 2.33. The van der Waals surface area contributed by atoms with Gasteiger partial charge in [-0.25, -0.2) is 9.48 Å². The number of benzene rings is 1. The van der Waals surface area contributed by atoms with Gasteiger partial charge in [0.05, 0.1) is 30.0 Å². The van der Waals surface area contributed by atoms with Crippen molar-refractivity contribution in [2.75, 3.05) is 13.7 Å². The third kappa shape index (κ3) is 3.63. The van der Waals surface area contributed by atoms with Gasteiger partial charge in [0.2, 0.25) is 0 Å². The zero-order valence-electron chi connectivity index (χ0n) is 14.6. The quantitative estimate of drug-likeness (QED) is 0.632. The molecule has 6 nitrogen and oxygen atoms in total. The Kier molecular flexibility index (Phi) is 5.13. The van der Waals surface area contributed by atoms with Crippen LogP contribution in [0.3, 0.4) is 0 Å². The Labute approximate surface area is 152 Å². The number of halogens is 3. The molecule has 0 saturated heterocycles. The molecule has 2 aromatic heterocycles. The van der Waals surface area contributed by atoms with Crippen LogP contribution in [0, 0.1) is 0 Å². The van der Waals surface area contributed by atoms with E-state index in [1.807, 2.05) is 0 Å². The zero-order chi connectivity index (χ0) is 19.6. The average molecular weight is 379 g/mol. The summed E-state index contributed by atoms with van der Waals surface area (Å²) in [6.07, 6.45) is -1.84. The molecule has 0 radical (unpaired) electrons. The third-order valence-corrected chi connectivity index (χ3v) is 3.87. The second kappa shape index (κ2) is 7.36. The highest BCUT2D eigenvalue weighted by molar-refractivity contribution is 5.92. The van der Waals surface area contributed by atoms with Crippen LogP contribution in [0.5, 0.6) is 0 Å². The van der Waals surface area contributed by atoms with Crippen molar-refractivity contribution in [2.24, 2.45) is 0 Å². The van der Waals surface area contributed by atoms with E-state index in [-0.39, 0.29) is 29.7 Å². The monoisotopic (exact) mass is 379 g/mol. The molecule has 142 valence electrons. The van der Waals surface area contributed by atoms with Crippen LogP contribution < -0.4 is 0 Å². The molecule has 2 heterocycles. The summed E-state index contributed by atoms with van der Waals surface area (Å²) >= 11 is 0. The summed E-state index contributed by atoms with van der Waals surface area (Å²) in [7, 11) is 1.45. The minimum Gasteiger partial charge on any atom is -0.462 e. The van der Waals surface area contributed by atoms with Crippen molar-refractivity contribution in [3.63, 3.8) is 0 Å². The molecule has 0 amide bonds. The third-order valence-electron chi connectivity index (χ3n) is 3.87. The lowest BCUT2D eigenvalue weighted by Crippen LogP contribution is -2.07. The number of methoxy groups -OCH3 is 1. The number of para-hydroxylation sites is 1. The lowest BCUT2D eigenvalue weighted by Gasteiger charge is -2.12. The molecule has 9 heteroatoms. The van der Waals surface area contributed by atoms with Crippen molar-refractivity contribution in [3.05, 3.63) is 53.5 Å². The number of rotatable bonds is 5. The number of pyridine rings is 1. The number of fused-ring (bicyclic) bond motifs is 1. The van der Waals surface area contributed by atoms with Gasteiger partial charge in [-0.15, -0.1) is 0 Å². The van der Waals surface area contributed by atoms with Gasteiger partial charge >= 0.3 is 12.1 Å². The van der Waals surface area contributed by atoms with Crippen LogP contribution in [-0.2, 0) is 22.3 Å². The number of esters is 1. The van der Waals surface area contributed by atoms with Gasteiger partial charge in [0, 0.05) is 24.9 Å². The van der Waals surface area contributed by atoms with E-state index in [0.29, 0.717) is 11.4 Å². The van der Waals surface area contributed by atoms with Crippen molar-refractivity contribution in [2.45, 2.75) is 19.7 Å². The summed E-state index contributed by atoms with van der Waals surface area (Å²) in [5.41, 5.74) is -0.150. The number of alkyl halides is 3. The Morgan fingerprint density at radius 1 is 1.26 bits per heavy atom. The van der Waals surface area contributed by atoms with Gasteiger partial charge in [0.25, 0.3) is 0 Å². The SMILES string of the molecule is CCOC(=O)c1cn(-c2ccnc3c(C(F)(F)F)cccc23)nc1COC. The lowest BCUT2D eigenvalue weighted by molar-refractivity contribution is -0.136. The molecular weight excluding hydrogens is 363 g/mol. The van der Waals surface area contributed by atoms with Gasteiger partial charge in [-0.3, -0.25) is 4.98 Å². The van der Waals surface area contributed by atoms with Gasteiger partial charge in [0.1, 0.15) is 11.3 Å². The molecule has 0 unspecified atom stereocenters. The van der Waals surface area contributed by atoms with E-state index in [1.54, 1.807) is 6.92 Å². The molecule has 0 spiro atoms. The summed E-state index contributed by atoms with van der Waals surface area (Å²) in [5.74, 6) is -0.579. The minimum absolute atomic E-state index is 0.0535. The topological polar surface area (TPSA) is 66.2 Å². The number of hydrogen-bond acceptors (Lipinski definition) is 5. The van der Waals surface area contributed by atoms with Crippen molar-refractivity contribution < 1.29 is 27.4 Å². The van der Waals surface area contributed by atoms with E-state index in [9.17, 15) is 18.0 Å². The number of hydrogen-bond donors (Lipinski definition) is 0. The first-order chi connectivity index (χ1) is 12.9. The second-order valence-electron chi connectivity index (χ2n) is 5.62. The summed E-state index contributed by atoms with van der Waals surface area (Å²) in [4.78, 5) is 16.0. The Morgan fingerprint density at radius 3 is 2.70 bits per heavy atom. The molecule has 0 N–H and O–H groups in total. The Hall–Kier alpha value is -2.94. The molecule has 3 aromatic rings. The highest BCUT2D eigenvalue weighted by Crippen LogP contribution is 2.35. The molecule has 3 rings (SSSR count). The number of carbonyl (C=O) groups is 1. The Balaban J connectivity index is 2.18. The van der Waals surface area contributed by atoms with Crippen LogP contribution in [0.15, 0.2) is 36.7 Å². The smallest absolute Gasteiger partial charge is 0.418 e. The highest BCUT2D eigenvalue weighted by atomic mass is 19.4. The molecule has 0 aliphatic rings. The molecule has 0 bridgehead atoms. The standard InChI is InChI=1S/C18H16F3N3O3/c1-3-27-17(25)12-9-24(23-14(12)10-26-2)15-7-8-22-16-11(15)5-4-6-13(16)18(19,20)21/h4-9H,3,10H2,1-2H3. The van der Waals surface area contributed by atoms with Crippen LogP contribution in [0.1, 0.15) is 28.5 Å². The van der Waals surface area contributed by atoms with Crippen LogP contribution in [0.25, 0.3) is 16.6 Å². The summed E-state index contributed by atoms with van der Waals surface area (Å²) in [6.45, 7) is 1.91. The van der Waals surface area contributed by atoms with E-state index < -0.39 is 17.7 Å². The van der Waals surface area contributed by atoms with Crippen molar-refractivity contribution >= 4 is 16.9 Å². The van der Waals surface area contributed by atoms with E-state index in [1.165, 1.54) is 42.4 Å². The molecular formula is C18H16F3N3O3. The van der Waals surface area contributed by atoms with E-state index in [0.717, 1.165) is 6.07 Å². The lowest BCUT2D eigenvalue weighted by atomic mass is 10.1. The molecule has 0 atom stereocenters. The molecule has 0 fully saturated rings. The van der Waals surface area contributed by atoms with E-state index in [4.69, 9.17) is 9.47 Å². The van der Waals surface area contributed by atoms with Gasteiger partial charge in [-0.05, 0) is 19.1 Å². The maximum absolute atomic E-state index is 13.3. The largest absolute Gasteiger partial charge is 0.462 e. The minimum atomic E-state index is -4.54. The molecule has 27 heavy (non-hydrogen) atoms. The zero-order valence-corrected chi connectivity index (χ0v) is 14.6. The van der Waals surface area contributed by atoms with Gasteiger partial charge in [-0.2, -0.15) is 18.3 Å². The average Bonchev–Trinajstić information content (AvgIpc) is 3.04. The second-order valence-corrected chi connectivity index (χ2v) is 5.62. The predicted molar refractivity (Wildman–Crippen MR) is 90.5 cm³/mol. The fourth-order valence-electron chi connectivity index (χ4n) is 2.75. The first-order valence-electron chi connectivity index (χ1n) is 8.06. The van der Waals surface area contributed by atoms with Crippen LogP contribution in [0.4, 0.5) is 13.2 Å². The maximum atomic E-state index is 13.3. The van der Waals surface area contributed by atoms with Crippen LogP contribution in [0.2, 0.25) is 0 Å². The van der Waals surface area contributed by atoms with Crippen LogP contribution >= 0.6 is 0 Å². The molecule has 0 aliphatic carbocycles. The fraction of sp³-hybridized carbons (Fsp3) is 0.278. The van der Waals surface area contributed by atoms with Crippen LogP contribution in [-0.4, -0.2) is 34.5 Å². The van der Waals surface area contributed by atoms with Crippen molar-refractivity contribution in [1.29, 1.82) is 0 Å². The summed E-state index contributed by atoms with van der Waals surface area (Å²) in [5, 5.41) is 4.56. The Morgan fingerprint density at radius 2 is 2.04 bits per heavy atom. The number of aromatic nitrogens is 3. The number of carbonyl (C=O) groups excluding carboxylic acids is 1. The van der Waals surface area contributed by atoms with Gasteiger partial charge in [-0.1, -0.05) is 12.1 Å². The molecule has 1 aromatic carbocycles. The van der Waals surface area contributed by atoms with Crippen molar-refractivity contribution in [1.82, 2.24) is 14.8 Å². The molecule has 0 aliphatic heterocycles. The summed E-state index contributed by atoms with van der Waals surface area (Å²) < 4.78 is 51.2. The Bertz CT molecular complexity index is 983. The number of ether oxygens (including phenoxy) is 2. The maximum Gasteiger partial charge on any atom is 0.418 e. The fourth-order valence-corrected chi connectivity index (χ4v) is 2.75. The summed E-state index contributed by atoms with van der Waals surface area (Å²) in [6, 6.07) is 5.33.